The van der Waals surface area contributed by atoms with Gasteiger partial charge in [-0.3, -0.25) is 0 Å². The Morgan fingerprint density at radius 1 is 1.41 bits per heavy atom. The van der Waals surface area contributed by atoms with E-state index in [1.807, 2.05) is 30.1 Å². The minimum atomic E-state index is -0.165. The van der Waals surface area contributed by atoms with Crippen molar-refractivity contribution in [3.05, 3.63) is 47.0 Å². The van der Waals surface area contributed by atoms with Crippen LogP contribution >= 0.6 is 11.6 Å². The smallest absolute Gasteiger partial charge is 0.129 e. The largest absolute Gasteiger partial charge is 0.467 e. The van der Waals surface area contributed by atoms with Gasteiger partial charge in [0.05, 0.1) is 30.1 Å². The van der Waals surface area contributed by atoms with Crippen molar-refractivity contribution in [2.24, 2.45) is 0 Å². The van der Waals surface area contributed by atoms with Crippen LogP contribution in [0.2, 0.25) is 5.02 Å². The molecule has 2 aromatic heterocycles. The molecule has 0 radical (unpaired) electrons. The highest BCUT2D eigenvalue weighted by molar-refractivity contribution is 6.31. The standard InChI is InChI=1S/C12H13ClN2O2/c1-15(7-9-3-2-6-17-9)12-5-4-10(13)11(8-16)14-12/h2-6,16H,7-8H2,1H3. The predicted molar refractivity (Wildman–Crippen MR) is 66.0 cm³/mol. The van der Waals surface area contributed by atoms with Crippen molar-refractivity contribution in [3.63, 3.8) is 0 Å². The first-order valence-corrected chi connectivity index (χ1v) is 5.58. The molecular formula is C12H13ClN2O2. The van der Waals surface area contributed by atoms with Crippen molar-refractivity contribution in [2.75, 3.05) is 11.9 Å². The van der Waals surface area contributed by atoms with Crippen molar-refractivity contribution in [1.29, 1.82) is 0 Å². The number of aliphatic hydroxyl groups excluding tert-OH is 1. The summed E-state index contributed by atoms with van der Waals surface area (Å²) in [7, 11) is 1.90. The summed E-state index contributed by atoms with van der Waals surface area (Å²) in [5.41, 5.74) is 0.482. The topological polar surface area (TPSA) is 49.5 Å². The molecule has 0 aliphatic rings. The van der Waals surface area contributed by atoms with E-state index in [0.29, 0.717) is 17.3 Å². The van der Waals surface area contributed by atoms with E-state index < -0.39 is 0 Å². The quantitative estimate of drug-likeness (QED) is 0.908. The molecule has 1 N–H and O–H groups in total. The van der Waals surface area contributed by atoms with Crippen molar-refractivity contribution in [1.82, 2.24) is 4.98 Å². The number of hydrogen-bond donors (Lipinski definition) is 1. The lowest BCUT2D eigenvalue weighted by Crippen LogP contribution is -2.17. The monoisotopic (exact) mass is 252 g/mol. The normalized spacial score (nSPS) is 10.5. The predicted octanol–water partition coefficient (Wildman–Crippen LogP) is 2.46. The van der Waals surface area contributed by atoms with Gasteiger partial charge in [-0.05, 0) is 24.3 Å². The van der Waals surface area contributed by atoms with Gasteiger partial charge in [0.1, 0.15) is 11.6 Å². The number of aromatic nitrogens is 1. The average Bonchev–Trinajstić information content (AvgIpc) is 2.82. The summed E-state index contributed by atoms with van der Waals surface area (Å²) >= 11 is 5.88. The number of hydrogen-bond acceptors (Lipinski definition) is 4. The van der Waals surface area contributed by atoms with Gasteiger partial charge in [0.15, 0.2) is 0 Å². The molecule has 90 valence electrons. The van der Waals surface area contributed by atoms with Gasteiger partial charge >= 0.3 is 0 Å². The zero-order valence-corrected chi connectivity index (χ0v) is 10.2. The highest BCUT2D eigenvalue weighted by Gasteiger charge is 2.08. The Morgan fingerprint density at radius 2 is 2.24 bits per heavy atom. The second-order valence-corrected chi connectivity index (χ2v) is 4.10. The first kappa shape index (κ1) is 12.0. The van der Waals surface area contributed by atoms with Crippen LogP contribution in [-0.2, 0) is 13.2 Å². The average molecular weight is 253 g/mol. The van der Waals surface area contributed by atoms with E-state index in [2.05, 4.69) is 4.98 Å². The molecule has 0 saturated carbocycles. The maximum atomic E-state index is 9.10. The SMILES string of the molecule is CN(Cc1ccco1)c1ccc(Cl)c(CO)n1. The Morgan fingerprint density at radius 3 is 2.88 bits per heavy atom. The summed E-state index contributed by atoms with van der Waals surface area (Å²) in [6, 6.07) is 7.29. The minimum Gasteiger partial charge on any atom is -0.467 e. The molecule has 0 aliphatic heterocycles. The molecule has 2 aromatic rings. The molecule has 5 heteroatoms. The minimum absolute atomic E-state index is 0.165. The third-order valence-electron chi connectivity index (χ3n) is 2.42. The highest BCUT2D eigenvalue weighted by Crippen LogP contribution is 2.19. The van der Waals surface area contributed by atoms with Crippen LogP contribution in [0.25, 0.3) is 0 Å². The van der Waals surface area contributed by atoms with Crippen LogP contribution in [0.4, 0.5) is 5.82 Å². The van der Waals surface area contributed by atoms with Gasteiger partial charge in [0, 0.05) is 7.05 Å². The molecular weight excluding hydrogens is 240 g/mol. The van der Waals surface area contributed by atoms with Crippen LogP contribution < -0.4 is 4.90 Å². The van der Waals surface area contributed by atoms with Crippen LogP contribution in [0.15, 0.2) is 34.9 Å². The van der Waals surface area contributed by atoms with E-state index in [1.165, 1.54) is 0 Å². The van der Waals surface area contributed by atoms with Crippen LogP contribution in [0.3, 0.4) is 0 Å². The van der Waals surface area contributed by atoms with Gasteiger partial charge in [-0.15, -0.1) is 0 Å². The van der Waals surface area contributed by atoms with Crippen LogP contribution in [-0.4, -0.2) is 17.1 Å². The first-order chi connectivity index (χ1) is 8.20. The zero-order chi connectivity index (χ0) is 12.3. The van der Waals surface area contributed by atoms with Gasteiger partial charge < -0.3 is 14.4 Å². The third-order valence-corrected chi connectivity index (χ3v) is 2.76. The molecule has 2 heterocycles. The Hall–Kier alpha value is -1.52. The fourth-order valence-corrected chi connectivity index (χ4v) is 1.68. The second-order valence-electron chi connectivity index (χ2n) is 3.69. The molecule has 0 fully saturated rings. The van der Waals surface area contributed by atoms with Crippen molar-refractivity contribution >= 4 is 17.4 Å². The van der Waals surface area contributed by atoms with Crippen molar-refractivity contribution in [2.45, 2.75) is 13.2 Å². The van der Waals surface area contributed by atoms with Gasteiger partial charge in [-0.1, -0.05) is 11.6 Å². The number of rotatable bonds is 4. The maximum Gasteiger partial charge on any atom is 0.129 e. The fraction of sp³-hybridized carbons (Fsp3) is 0.250. The van der Waals surface area contributed by atoms with Crippen LogP contribution in [0.1, 0.15) is 11.5 Å². The zero-order valence-electron chi connectivity index (χ0n) is 9.43. The van der Waals surface area contributed by atoms with E-state index in [1.54, 1.807) is 12.3 Å². The number of aliphatic hydroxyl groups is 1. The molecule has 0 amide bonds. The lowest BCUT2D eigenvalue weighted by Gasteiger charge is -2.17. The summed E-state index contributed by atoms with van der Waals surface area (Å²) in [4.78, 5) is 6.20. The third kappa shape index (κ3) is 2.78. The first-order valence-electron chi connectivity index (χ1n) is 5.20. The summed E-state index contributed by atoms with van der Waals surface area (Å²) in [5.74, 6) is 1.60. The molecule has 0 unspecified atom stereocenters. The number of furan rings is 1. The highest BCUT2D eigenvalue weighted by atomic mass is 35.5. The van der Waals surface area contributed by atoms with Gasteiger partial charge in [-0.25, -0.2) is 4.98 Å². The molecule has 4 nitrogen and oxygen atoms in total. The van der Waals surface area contributed by atoms with Gasteiger partial charge in [-0.2, -0.15) is 0 Å². The lowest BCUT2D eigenvalue weighted by molar-refractivity contribution is 0.277. The molecule has 0 aliphatic carbocycles. The number of anilines is 1. The molecule has 0 atom stereocenters. The number of nitrogens with zero attached hydrogens (tertiary/aromatic N) is 2. The Kier molecular flexibility index (Phi) is 3.66. The summed E-state index contributed by atoms with van der Waals surface area (Å²) in [6.45, 7) is 0.452. The maximum absolute atomic E-state index is 9.10. The van der Waals surface area contributed by atoms with Gasteiger partial charge in [0.25, 0.3) is 0 Å². The molecule has 0 saturated heterocycles. The van der Waals surface area contributed by atoms with E-state index in [0.717, 1.165) is 11.6 Å². The lowest BCUT2D eigenvalue weighted by atomic mass is 10.3. The van der Waals surface area contributed by atoms with E-state index in [9.17, 15) is 0 Å². The Bertz CT molecular complexity index is 485. The van der Waals surface area contributed by atoms with Crippen molar-refractivity contribution < 1.29 is 9.52 Å². The van der Waals surface area contributed by atoms with Crippen LogP contribution in [0, 0.1) is 0 Å². The summed E-state index contributed by atoms with van der Waals surface area (Å²) in [6.07, 6.45) is 1.64. The van der Waals surface area contributed by atoms with E-state index >= 15 is 0 Å². The molecule has 0 bridgehead atoms. The molecule has 0 spiro atoms. The summed E-state index contributed by atoms with van der Waals surface area (Å²) in [5, 5.41) is 9.57. The van der Waals surface area contributed by atoms with E-state index in [4.69, 9.17) is 21.1 Å². The Balaban J connectivity index is 2.16. The molecule has 0 aromatic carbocycles. The number of halogens is 1. The fourth-order valence-electron chi connectivity index (χ4n) is 1.51. The summed E-state index contributed by atoms with van der Waals surface area (Å²) < 4.78 is 5.26. The van der Waals surface area contributed by atoms with Crippen LogP contribution in [0.5, 0.6) is 0 Å². The Labute approximate surface area is 104 Å². The second kappa shape index (κ2) is 5.21. The number of pyridine rings is 1. The molecule has 2 rings (SSSR count). The van der Waals surface area contributed by atoms with E-state index in [-0.39, 0.29) is 6.61 Å². The van der Waals surface area contributed by atoms with Crippen molar-refractivity contribution in [3.8, 4) is 0 Å². The molecule has 17 heavy (non-hydrogen) atoms. The van der Waals surface area contributed by atoms with Gasteiger partial charge in [0.2, 0.25) is 0 Å².